The number of alkyl carbamates (subject to hydrolysis) is 2. The molecule has 0 bridgehead atoms. The molecule has 79 heavy (non-hydrogen) atoms. The molecule has 0 heterocycles. The lowest BCUT2D eigenvalue weighted by atomic mass is 10.0. The summed E-state index contributed by atoms with van der Waals surface area (Å²) in [4.78, 5) is 99.1. The van der Waals surface area contributed by atoms with Crippen LogP contribution in [0, 0.1) is 0 Å². The molecule has 436 valence electrons. The predicted molar refractivity (Wildman–Crippen MR) is 290 cm³/mol. The third kappa shape index (κ3) is 23.9. The SMILES string of the molecule is C=CCOP(=O)(OCC=C)C(Cc1ccc(NC(=O)C[C@H](NC(=O)OCOC(=O)CC)C(=O)OC(C)(C)C)cc1)(Cc1ccc(NC(=O)C[C@H](NC(=O)OCOC(=O)CC)C(=O)OC(C)(C)C)cc1)P(=O)(OCC=C)OCC=C. The standard InChI is InChI=1S/C53H74N4O20P2/c1-13-27-72-78(66,73-28-14-2)53(79(67,74-29-15-3)75-30-16-4,33-37-19-23-39(24-20-37)54-43(58)31-41(47(62)76-51(7,8)9)56-49(64)70-35-68-45(60)17-5)34-38-21-25-40(26-22-38)55-44(59)32-42(48(63)77-52(10,11)12)57-50(65)71-36-69-46(61)18-6/h13-16,19-26,41-42H,1-4,17-18,27-36H2,5-12H3,(H,54,58)(H,55,59)(H,56,64)(H,57,65)/t41-,42-/m0/s1. The molecule has 0 saturated heterocycles. The highest BCUT2D eigenvalue weighted by Gasteiger charge is 2.65. The first-order chi connectivity index (χ1) is 37.1. The van der Waals surface area contributed by atoms with Crippen LogP contribution in [0.2, 0.25) is 0 Å². The minimum atomic E-state index is -4.82. The predicted octanol–water partition coefficient (Wildman–Crippen LogP) is 8.72. The Morgan fingerprint density at radius 1 is 0.506 bits per heavy atom. The van der Waals surface area contributed by atoms with E-state index in [9.17, 15) is 38.4 Å². The number of carbonyl (C=O) groups excluding carboxylic acids is 8. The van der Waals surface area contributed by atoms with E-state index in [1.165, 1.54) is 86.7 Å². The van der Waals surface area contributed by atoms with Crippen LogP contribution in [0.4, 0.5) is 21.0 Å². The Morgan fingerprint density at radius 3 is 1.08 bits per heavy atom. The highest BCUT2D eigenvalue weighted by Crippen LogP contribution is 2.79. The molecule has 4 N–H and O–H groups in total. The molecule has 0 aromatic heterocycles. The number of amides is 4. The molecule has 0 unspecified atom stereocenters. The second-order valence-electron chi connectivity index (χ2n) is 18.9. The normalized spacial score (nSPS) is 12.5. The first-order valence-corrected chi connectivity index (χ1v) is 27.8. The summed E-state index contributed by atoms with van der Waals surface area (Å²) in [5.74, 6) is -4.74. The molecule has 0 spiro atoms. The van der Waals surface area contributed by atoms with Crippen LogP contribution in [0.15, 0.2) is 99.2 Å². The van der Waals surface area contributed by atoms with E-state index < -0.39 is 131 Å². The van der Waals surface area contributed by atoms with Crippen LogP contribution < -0.4 is 21.3 Å². The quantitative estimate of drug-likeness (QED) is 0.0167. The number of esters is 4. The summed E-state index contributed by atoms with van der Waals surface area (Å²) in [6.07, 6.45) is 0.766. The van der Waals surface area contributed by atoms with Gasteiger partial charge in [0.25, 0.3) is 0 Å². The molecule has 0 saturated carbocycles. The molecule has 0 aliphatic carbocycles. The van der Waals surface area contributed by atoms with Gasteiger partial charge in [0.05, 0.1) is 39.3 Å². The molecule has 2 atom stereocenters. The zero-order valence-corrected chi connectivity index (χ0v) is 47.7. The average Bonchev–Trinajstić information content (AvgIpc) is 3.50. The summed E-state index contributed by atoms with van der Waals surface area (Å²) in [5, 5.41) is 9.80. The van der Waals surface area contributed by atoms with Gasteiger partial charge in [-0.3, -0.25) is 28.3 Å². The van der Waals surface area contributed by atoms with Gasteiger partial charge in [0, 0.05) is 37.1 Å². The molecule has 0 radical (unpaired) electrons. The van der Waals surface area contributed by atoms with Gasteiger partial charge in [-0.2, -0.15) is 0 Å². The van der Waals surface area contributed by atoms with Crippen molar-refractivity contribution in [3.8, 4) is 0 Å². The third-order valence-electron chi connectivity index (χ3n) is 10.1. The number of benzene rings is 2. The lowest BCUT2D eigenvalue weighted by Gasteiger charge is -2.42. The molecule has 26 heteroatoms. The molecule has 24 nitrogen and oxygen atoms in total. The zero-order chi connectivity index (χ0) is 59.5. The van der Waals surface area contributed by atoms with E-state index >= 15 is 9.13 Å². The summed E-state index contributed by atoms with van der Waals surface area (Å²) in [7, 11) is -9.64. The minimum Gasteiger partial charge on any atom is -0.458 e. The fourth-order valence-electron chi connectivity index (χ4n) is 6.62. The van der Waals surface area contributed by atoms with Gasteiger partial charge in [-0.1, -0.05) is 62.4 Å². The summed E-state index contributed by atoms with van der Waals surface area (Å²) in [6.45, 7) is 24.4. The van der Waals surface area contributed by atoms with Crippen molar-refractivity contribution in [2.24, 2.45) is 0 Å². The Morgan fingerprint density at radius 2 is 0.810 bits per heavy atom. The summed E-state index contributed by atoms with van der Waals surface area (Å²) in [5.41, 5.74) is -1.01. The van der Waals surface area contributed by atoms with Crippen LogP contribution in [-0.4, -0.2) is 116 Å². The Kier molecular flexibility index (Phi) is 28.3. The second kappa shape index (κ2) is 32.8. The molecule has 0 aliphatic heterocycles. The van der Waals surface area contributed by atoms with Gasteiger partial charge in [0.2, 0.25) is 25.4 Å². The summed E-state index contributed by atoms with van der Waals surface area (Å²) < 4.78 is 85.6. The number of anilines is 2. The van der Waals surface area contributed by atoms with E-state index in [2.05, 4.69) is 47.6 Å². The van der Waals surface area contributed by atoms with Gasteiger partial charge in [-0.25, -0.2) is 19.2 Å². The summed E-state index contributed by atoms with van der Waals surface area (Å²) in [6, 6.07) is 8.77. The van der Waals surface area contributed by atoms with Crippen LogP contribution in [0.5, 0.6) is 0 Å². The van der Waals surface area contributed by atoms with Gasteiger partial charge in [0.15, 0.2) is 4.90 Å². The average molecular weight is 1150 g/mol. The van der Waals surface area contributed by atoms with Crippen LogP contribution in [0.1, 0.15) is 92.2 Å². The van der Waals surface area contributed by atoms with Gasteiger partial charge < -0.3 is 67.8 Å². The molecular weight excluding hydrogens is 1070 g/mol. The Bertz CT molecular complexity index is 2330. The topological polar surface area (TPSA) is 311 Å². The highest BCUT2D eigenvalue weighted by molar-refractivity contribution is 7.74. The molecule has 2 aromatic carbocycles. The third-order valence-corrected chi connectivity index (χ3v) is 16.2. The van der Waals surface area contributed by atoms with Crippen LogP contribution in [-0.2, 0) is 97.3 Å². The Labute approximate surface area is 460 Å². The van der Waals surface area contributed by atoms with E-state index in [-0.39, 0.29) is 50.6 Å². The van der Waals surface area contributed by atoms with Gasteiger partial charge in [-0.05, 0) is 76.9 Å². The number of carbonyl (C=O) groups is 8. The van der Waals surface area contributed by atoms with Crippen molar-refractivity contribution >= 4 is 74.4 Å². The van der Waals surface area contributed by atoms with Crippen LogP contribution in [0.3, 0.4) is 0 Å². The largest absolute Gasteiger partial charge is 0.458 e. The number of ether oxygens (including phenoxy) is 6. The van der Waals surface area contributed by atoms with E-state index in [0.29, 0.717) is 11.1 Å². The van der Waals surface area contributed by atoms with E-state index in [1.54, 1.807) is 41.5 Å². The van der Waals surface area contributed by atoms with Gasteiger partial charge in [-0.15, -0.1) is 26.3 Å². The lowest BCUT2D eigenvalue weighted by Crippen LogP contribution is -2.46. The maximum absolute atomic E-state index is 15.8. The molecule has 2 aromatic rings. The van der Waals surface area contributed by atoms with Crippen molar-refractivity contribution in [3.63, 3.8) is 0 Å². The second-order valence-corrected chi connectivity index (χ2v) is 24.0. The number of hydrogen-bond acceptors (Lipinski definition) is 20. The maximum Gasteiger partial charge on any atom is 0.410 e. The minimum absolute atomic E-state index is 0.0215. The fraction of sp³-hybridized carbons (Fsp3) is 0.472. The molecule has 2 rings (SSSR count). The molecular formula is C53H74N4O20P2. The highest BCUT2D eigenvalue weighted by atomic mass is 31.2. The van der Waals surface area contributed by atoms with Crippen LogP contribution in [0.25, 0.3) is 0 Å². The van der Waals surface area contributed by atoms with Crippen molar-refractivity contribution in [3.05, 3.63) is 110 Å². The summed E-state index contributed by atoms with van der Waals surface area (Å²) >= 11 is 0. The van der Waals surface area contributed by atoms with E-state index in [1.807, 2.05) is 0 Å². The number of rotatable bonds is 34. The zero-order valence-electron chi connectivity index (χ0n) is 46.0. The van der Waals surface area contributed by atoms with Crippen molar-refractivity contribution in [2.45, 2.75) is 122 Å². The Balaban J connectivity index is 2.67. The molecule has 0 aliphatic rings. The molecule has 0 fully saturated rings. The van der Waals surface area contributed by atoms with Crippen molar-refractivity contribution in [1.82, 2.24) is 10.6 Å². The van der Waals surface area contributed by atoms with Gasteiger partial charge >= 0.3 is 51.3 Å². The lowest BCUT2D eigenvalue weighted by molar-refractivity contribution is -0.159. The van der Waals surface area contributed by atoms with Crippen molar-refractivity contribution in [2.75, 3.05) is 50.6 Å². The molecule has 4 amide bonds. The van der Waals surface area contributed by atoms with Crippen molar-refractivity contribution < 1.29 is 94.0 Å². The smallest absolute Gasteiger partial charge is 0.410 e. The van der Waals surface area contributed by atoms with Gasteiger partial charge in [0.1, 0.15) is 23.3 Å². The number of nitrogens with one attached hydrogen (secondary N) is 4. The maximum atomic E-state index is 15.8. The van der Waals surface area contributed by atoms with Crippen molar-refractivity contribution in [1.29, 1.82) is 0 Å². The van der Waals surface area contributed by atoms with E-state index in [0.717, 1.165) is 0 Å². The fourth-order valence-corrected chi connectivity index (χ4v) is 12.3. The first-order valence-electron chi connectivity index (χ1n) is 24.7. The number of hydrogen-bond donors (Lipinski definition) is 4. The van der Waals surface area contributed by atoms with Crippen LogP contribution >= 0.6 is 15.2 Å². The monoisotopic (exact) mass is 1150 g/mol. The Hall–Kier alpha value is -6.94. The first kappa shape index (κ1) is 68.2. The van der Waals surface area contributed by atoms with E-state index in [4.69, 9.17) is 46.5 Å².